The fourth-order valence-corrected chi connectivity index (χ4v) is 2.14. The van der Waals surface area contributed by atoms with Crippen LogP contribution >= 0.6 is 11.8 Å². The second-order valence-electron chi connectivity index (χ2n) is 3.42. The number of methoxy groups -OCH3 is 1. The molecule has 0 fully saturated rings. The molecule has 0 unspecified atom stereocenters. The molecular formula is C12H14N2OS. The molecule has 0 spiro atoms. The summed E-state index contributed by atoms with van der Waals surface area (Å²) in [4.78, 5) is 4.35. The van der Waals surface area contributed by atoms with Crippen LogP contribution in [0, 0.1) is 0 Å². The molecule has 0 amide bonds. The van der Waals surface area contributed by atoms with Gasteiger partial charge < -0.3 is 9.30 Å². The zero-order valence-corrected chi connectivity index (χ0v) is 10.4. The first-order valence-electron chi connectivity index (χ1n) is 4.96. The molecule has 2 aromatic rings. The number of ether oxygens (including phenoxy) is 1. The molecule has 1 aromatic carbocycles. The smallest absolute Gasteiger partial charge is 0.167 e. The number of benzene rings is 1. The van der Waals surface area contributed by atoms with Crippen LogP contribution < -0.4 is 4.74 Å². The van der Waals surface area contributed by atoms with Crippen molar-refractivity contribution in [3.8, 4) is 17.0 Å². The highest BCUT2D eigenvalue weighted by Gasteiger charge is 2.07. The van der Waals surface area contributed by atoms with E-state index in [-0.39, 0.29) is 0 Å². The molecule has 16 heavy (non-hydrogen) atoms. The Bertz CT molecular complexity index is 476. The van der Waals surface area contributed by atoms with Crippen molar-refractivity contribution >= 4 is 11.8 Å². The summed E-state index contributed by atoms with van der Waals surface area (Å²) in [6.45, 7) is 0. The van der Waals surface area contributed by atoms with Gasteiger partial charge in [0.25, 0.3) is 0 Å². The maximum Gasteiger partial charge on any atom is 0.167 e. The van der Waals surface area contributed by atoms with Crippen molar-refractivity contribution in [3.05, 3.63) is 30.5 Å². The number of nitrogens with zero attached hydrogens (tertiary/aromatic N) is 2. The number of thioether (sulfide) groups is 1. The lowest BCUT2D eigenvalue weighted by atomic mass is 10.1. The Hall–Kier alpha value is -1.42. The van der Waals surface area contributed by atoms with Crippen LogP contribution in [0.15, 0.2) is 35.6 Å². The summed E-state index contributed by atoms with van der Waals surface area (Å²) in [7, 11) is 3.70. The van der Waals surface area contributed by atoms with E-state index >= 15 is 0 Å². The Kier molecular flexibility index (Phi) is 3.19. The minimum absolute atomic E-state index is 0.871. The van der Waals surface area contributed by atoms with Crippen molar-refractivity contribution < 1.29 is 4.74 Å². The van der Waals surface area contributed by atoms with Crippen molar-refractivity contribution in [2.75, 3.05) is 13.4 Å². The zero-order valence-electron chi connectivity index (χ0n) is 9.60. The van der Waals surface area contributed by atoms with E-state index in [1.165, 1.54) is 0 Å². The van der Waals surface area contributed by atoms with E-state index in [9.17, 15) is 0 Å². The van der Waals surface area contributed by atoms with Gasteiger partial charge in [0.05, 0.1) is 19.0 Å². The van der Waals surface area contributed by atoms with E-state index in [2.05, 4.69) is 9.55 Å². The molecule has 0 saturated carbocycles. The van der Waals surface area contributed by atoms with Gasteiger partial charge in [-0.3, -0.25) is 0 Å². The molecule has 0 bridgehead atoms. The number of rotatable bonds is 3. The van der Waals surface area contributed by atoms with Gasteiger partial charge >= 0.3 is 0 Å². The van der Waals surface area contributed by atoms with Gasteiger partial charge in [-0.1, -0.05) is 11.8 Å². The largest absolute Gasteiger partial charge is 0.497 e. The molecule has 0 N–H and O–H groups in total. The molecule has 0 radical (unpaired) electrons. The SMILES string of the molecule is COc1ccc(-c2cnc(SC)n2C)cc1. The van der Waals surface area contributed by atoms with E-state index < -0.39 is 0 Å². The lowest BCUT2D eigenvalue weighted by Gasteiger charge is -2.05. The summed E-state index contributed by atoms with van der Waals surface area (Å²) < 4.78 is 7.22. The summed E-state index contributed by atoms with van der Waals surface area (Å²) in [5.74, 6) is 0.871. The zero-order chi connectivity index (χ0) is 11.5. The topological polar surface area (TPSA) is 27.1 Å². The molecule has 0 aliphatic carbocycles. The van der Waals surface area contributed by atoms with E-state index in [0.29, 0.717) is 0 Å². The summed E-state index contributed by atoms with van der Waals surface area (Å²) in [5.41, 5.74) is 2.27. The monoisotopic (exact) mass is 234 g/mol. The van der Waals surface area contributed by atoms with Crippen molar-refractivity contribution in [1.29, 1.82) is 0 Å². The van der Waals surface area contributed by atoms with Crippen LogP contribution in [-0.4, -0.2) is 22.9 Å². The predicted molar refractivity (Wildman–Crippen MR) is 67.0 cm³/mol. The van der Waals surface area contributed by atoms with Gasteiger partial charge in [0.1, 0.15) is 5.75 Å². The average Bonchev–Trinajstić information content (AvgIpc) is 2.70. The van der Waals surface area contributed by atoms with Gasteiger partial charge in [-0.05, 0) is 30.5 Å². The molecule has 0 atom stereocenters. The number of hydrogen-bond donors (Lipinski definition) is 0. The Morgan fingerprint density at radius 1 is 1.25 bits per heavy atom. The number of imidazole rings is 1. The predicted octanol–water partition coefficient (Wildman–Crippen LogP) is 2.82. The Morgan fingerprint density at radius 2 is 1.94 bits per heavy atom. The molecule has 2 rings (SSSR count). The third-order valence-corrected chi connectivity index (χ3v) is 3.26. The van der Waals surface area contributed by atoms with Crippen molar-refractivity contribution in [2.24, 2.45) is 7.05 Å². The molecule has 1 aromatic heterocycles. The molecule has 0 aliphatic heterocycles. The second kappa shape index (κ2) is 4.61. The van der Waals surface area contributed by atoms with Gasteiger partial charge in [0.15, 0.2) is 5.16 Å². The van der Waals surface area contributed by atoms with Gasteiger partial charge in [-0.2, -0.15) is 0 Å². The standard InChI is InChI=1S/C12H14N2OS/c1-14-11(8-13-12(14)16-3)9-4-6-10(15-2)7-5-9/h4-8H,1-3H3. The second-order valence-corrected chi connectivity index (χ2v) is 4.19. The Balaban J connectivity index is 2.38. The lowest BCUT2D eigenvalue weighted by molar-refractivity contribution is 0.415. The van der Waals surface area contributed by atoms with E-state index in [4.69, 9.17) is 4.74 Å². The van der Waals surface area contributed by atoms with E-state index in [0.717, 1.165) is 22.2 Å². The molecule has 0 saturated heterocycles. The maximum absolute atomic E-state index is 5.14. The van der Waals surface area contributed by atoms with Crippen LogP contribution in [0.4, 0.5) is 0 Å². The molecule has 0 aliphatic rings. The summed E-state index contributed by atoms with van der Waals surface area (Å²) >= 11 is 1.65. The fraction of sp³-hybridized carbons (Fsp3) is 0.250. The van der Waals surface area contributed by atoms with Gasteiger partial charge in [0, 0.05) is 12.6 Å². The van der Waals surface area contributed by atoms with Crippen LogP contribution in [0.3, 0.4) is 0 Å². The first-order valence-corrected chi connectivity index (χ1v) is 6.19. The minimum atomic E-state index is 0.871. The van der Waals surface area contributed by atoms with Crippen LogP contribution in [0.1, 0.15) is 0 Å². The first-order chi connectivity index (χ1) is 7.76. The van der Waals surface area contributed by atoms with Gasteiger partial charge in [0.2, 0.25) is 0 Å². The Morgan fingerprint density at radius 3 is 2.44 bits per heavy atom. The third-order valence-electron chi connectivity index (χ3n) is 2.51. The average molecular weight is 234 g/mol. The summed E-state index contributed by atoms with van der Waals surface area (Å²) in [6.07, 6.45) is 3.92. The summed E-state index contributed by atoms with van der Waals surface area (Å²) in [5, 5.41) is 1.02. The van der Waals surface area contributed by atoms with Crippen LogP contribution in [0.2, 0.25) is 0 Å². The van der Waals surface area contributed by atoms with Crippen LogP contribution in [0.5, 0.6) is 5.75 Å². The molecule has 84 valence electrons. The quantitative estimate of drug-likeness (QED) is 0.764. The maximum atomic E-state index is 5.14. The lowest BCUT2D eigenvalue weighted by Crippen LogP contribution is -1.93. The number of hydrogen-bond acceptors (Lipinski definition) is 3. The Labute approximate surface area is 99.5 Å². The van der Waals surface area contributed by atoms with Crippen molar-refractivity contribution in [1.82, 2.24) is 9.55 Å². The number of aromatic nitrogens is 2. The van der Waals surface area contributed by atoms with Crippen LogP contribution in [0.25, 0.3) is 11.3 Å². The third kappa shape index (κ3) is 1.93. The van der Waals surface area contributed by atoms with Crippen LogP contribution in [-0.2, 0) is 7.05 Å². The van der Waals surface area contributed by atoms with Gasteiger partial charge in [-0.15, -0.1) is 0 Å². The molecular weight excluding hydrogens is 220 g/mol. The van der Waals surface area contributed by atoms with E-state index in [1.807, 2.05) is 43.8 Å². The van der Waals surface area contributed by atoms with Crippen molar-refractivity contribution in [2.45, 2.75) is 5.16 Å². The normalized spacial score (nSPS) is 10.4. The van der Waals surface area contributed by atoms with Gasteiger partial charge in [-0.25, -0.2) is 4.98 Å². The highest BCUT2D eigenvalue weighted by molar-refractivity contribution is 7.98. The fourth-order valence-electron chi connectivity index (χ4n) is 1.61. The van der Waals surface area contributed by atoms with E-state index in [1.54, 1.807) is 18.9 Å². The highest BCUT2D eigenvalue weighted by Crippen LogP contribution is 2.25. The van der Waals surface area contributed by atoms with Crippen molar-refractivity contribution in [3.63, 3.8) is 0 Å². The minimum Gasteiger partial charge on any atom is -0.497 e. The summed E-state index contributed by atoms with van der Waals surface area (Å²) in [6, 6.07) is 8.00. The molecule has 4 heteroatoms. The molecule has 1 heterocycles. The highest BCUT2D eigenvalue weighted by atomic mass is 32.2. The first kappa shape index (κ1) is 11.1. The molecule has 3 nitrogen and oxygen atoms in total.